The van der Waals surface area contributed by atoms with E-state index in [0.29, 0.717) is 35.8 Å². The minimum Gasteiger partial charge on any atom is -0.497 e. The first-order valence-electron chi connectivity index (χ1n) is 27.4. The lowest BCUT2D eigenvalue weighted by atomic mass is 9.80. The molecule has 4 heterocycles. The van der Waals surface area contributed by atoms with Gasteiger partial charge in [0.25, 0.3) is 11.1 Å². The molecule has 2 saturated heterocycles. The number of benzene rings is 6. The molecule has 2 aliphatic heterocycles. The molecule has 3 N–H and O–H groups in total. The van der Waals surface area contributed by atoms with E-state index in [-0.39, 0.29) is 40.0 Å². The predicted octanol–water partition coefficient (Wildman–Crippen LogP) is 8.19. The summed E-state index contributed by atoms with van der Waals surface area (Å²) in [4.78, 5) is 51.6. The first-order valence-corrected chi connectivity index (χ1v) is 27.4. The second kappa shape index (κ2) is 30.0. The molecule has 0 bridgehead atoms. The minimum atomic E-state index is -1.10. The van der Waals surface area contributed by atoms with Crippen LogP contribution in [-0.4, -0.2) is 95.0 Å². The van der Waals surface area contributed by atoms with Gasteiger partial charge in [0.2, 0.25) is 0 Å². The van der Waals surface area contributed by atoms with Crippen LogP contribution in [0.5, 0.6) is 23.0 Å². The van der Waals surface area contributed by atoms with Gasteiger partial charge >= 0.3 is 11.4 Å². The zero-order valence-corrected chi connectivity index (χ0v) is 47.6. The molecule has 6 atom stereocenters. The molecule has 2 aliphatic rings. The van der Waals surface area contributed by atoms with Crippen molar-refractivity contribution in [2.45, 2.75) is 87.7 Å². The summed E-state index contributed by atoms with van der Waals surface area (Å²) in [6.45, 7) is 0.220. The van der Waals surface area contributed by atoms with E-state index < -0.39 is 70.6 Å². The largest absolute Gasteiger partial charge is 0.497 e. The molecule has 2 fully saturated rings. The van der Waals surface area contributed by atoms with Crippen molar-refractivity contribution in [3.05, 3.63) is 257 Å². The van der Waals surface area contributed by atoms with E-state index in [1.165, 1.54) is 33.7 Å². The summed E-state index contributed by atoms with van der Waals surface area (Å²) in [5.41, 5.74) is 0.937. The van der Waals surface area contributed by atoms with Crippen molar-refractivity contribution in [1.82, 2.24) is 18.7 Å². The lowest BCUT2D eigenvalue weighted by Gasteiger charge is -2.37. The van der Waals surface area contributed by atoms with Crippen molar-refractivity contribution in [3.63, 3.8) is 0 Å². The van der Waals surface area contributed by atoms with Crippen LogP contribution in [0.3, 0.4) is 0 Å². The number of unbranched alkanes of at least 4 members (excludes halogenated alkanes) is 1. The molecule has 8 aromatic rings. The van der Waals surface area contributed by atoms with Gasteiger partial charge in [-0.05, 0) is 88.3 Å². The van der Waals surface area contributed by atoms with E-state index in [2.05, 4.69) is 23.8 Å². The molecule has 18 heteroatoms. The van der Waals surface area contributed by atoms with E-state index >= 15 is 0 Å². The number of aliphatic hydroxyl groups is 2. The zero-order chi connectivity index (χ0) is 60.5. The van der Waals surface area contributed by atoms with Gasteiger partial charge in [-0.1, -0.05) is 117 Å². The lowest BCUT2D eigenvalue weighted by molar-refractivity contribution is -0.0946. The smallest absolute Gasteiger partial charge is 0.333 e. The minimum absolute atomic E-state index is 0. The Labute approximate surface area is 499 Å². The highest BCUT2D eigenvalue weighted by Gasteiger charge is 2.44. The third-order valence-electron chi connectivity index (χ3n) is 15.0. The molecule has 0 spiro atoms. The summed E-state index contributed by atoms with van der Waals surface area (Å²) in [5, 5.41) is 22.0. The van der Waals surface area contributed by atoms with Gasteiger partial charge in [-0.3, -0.25) is 28.3 Å². The summed E-state index contributed by atoms with van der Waals surface area (Å²) in [5.74, 6) is 5.34. The fourth-order valence-electron chi connectivity index (χ4n) is 10.6. The van der Waals surface area contributed by atoms with Crippen molar-refractivity contribution >= 4 is 0 Å². The van der Waals surface area contributed by atoms with Crippen LogP contribution in [-0.2, 0) is 36.7 Å². The van der Waals surface area contributed by atoms with Gasteiger partial charge in [-0.2, -0.15) is 0 Å². The van der Waals surface area contributed by atoms with E-state index in [1.54, 1.807) is 28.4 Å². The van der Waals surface area contributed by atoms with E-state index in [4.69, 9.17) is 44.3 Å². The Hall–Kier alpha value is -9.24. The highest BCUT2D eigenvalue weighted by molar-refractivity contribution is 5.51. The molecule has 0 amide bonds. The molecule has 0 radical (unpaired) electrons. The van der Waals surface area contributed by atoms with Crippen LogP contribution < -0.4 is 41.4 Å². The molecule has 6 aromatic carbocycles. The normalized spacial score (nSPS) is 17.9. The Morgan fingerprint density at radius 2 is 0.895 bits per heavy atom. The molecule has 448 valence electrons. The number of aromatic amines is 1. The molecule has 86 heavy (non-hydrogen) atoms. The Kier molecular flexibility index (Phi) is 22.5. The van der Waals surface area contributed by atoms with Gasteiger partial charge in [0, 0.05) is 50.3 Å². The van der Waals surface area contributed by atoms with Crippen LogP contribution in [0.1, 0.15) is 78.9 Å². The SMILES string of the molecule is C.C#C.C#CCCCn1c(=O)ccn([C@H]2C[C@@H](O)[C@@H](COC(c3ccccc3)(c3ccc(OC)cc3)c3ccc(OC)cc3)O2)c1=O.COc1ccc(C(OC[C@H]2O[C@@H](n3ccc(=O)[nH]c3=O)C[C@H]2O)(c2ccccc2)c2ccc(OC)cc2)cc1. The van der Waals surface area contributed by atoms with Gasteiger partial charge in [-0.15, -0.1) is 25.2 Å². The van der Waals surface area contributed by atoms with E-state index in [9.17, 15) is 29.4 Å². The average Bonchev–Trinajstić information content (AvgIpc) is 1.15. The Morgan fingerprint density at radius 3 is 1.26 bits per heavy atom. The summed E-state index contributed by atoms with van der Waals surface area (Å²) in [6.07, 6.45) is 12.6. The van der Waals surface area contributed by atoms with Gasteiger partial charge in [0.1, 0.15) is 58.9 Å². The number of methoxy groups -OCH3 is 4. The van der Waals surface area contributed by atoms with Crippen molar-refractivity contribution < 1.29 is 48.1 Å². The number of nitrogens with zero attached hydrogens (tertiary/aromatic N) is 3. The molecule has 0 saturated carbocycles. The third kappa shape index (κ3) is 14.1. The fourth-order valence-corrected chi connectivity index (χ4v) is 10.6. The van der Waals surface area contributed by atoms with Crippen LogP contribution in [0.25, 0.3) is 0 Å². The van der Waals surface area contributed by atoms with Crippen molar-refractivity contribution in [2.24, 2.45) is 0 Å². The monoisotopic (exact) mass is 1170 g/mol. The summed E-state index contributed by atoms with van der Waals surface area (Å²) in [6, 6.07) is 52.8. The molecule has 0 unspecified atom stereocenters. The number of rotatable bonds is 21. The van der Waals surface area contributed by atoms with Crippen LogP contribution in [0.15, 0.2) is 201 Å². The first kappa shape index (κ1) is 64.3. The highest BCUT2D eigenvalue weighted by atomic mass is 16.6. The number of H-pyrrole nitrogens is 1. The number of ether oxygens (including phenoxy) is 8. The van der Waals surface area contributed by atoms with Gasteiger partial charge in [-0.25, -0.2) is 9.59 Å². The maximum absolute atomic E-state index is 13.2. The Morgan fingerprint density at radius 1 is 0.535 bits per heavy atom. The Balaban J connectivity index is 0.000000238. The maximum Gasteiger partial charge on any atom is 0.333 e. The summed E-state index contributed by atoms with van der Waals surface area (Å²) >= 11 is 0. The van der Waals surface area contributed by atoms with Crippen LogP contribution >= 0.6 is 0 Å². The summed E-state index contributed by atoms with van der Waals surface area (Å²) in [7, 11) is 6.46. The molecular formula is C68H72N4O14. The second-order valence-electron chi connectivity index (χ2n) is 19.8. The van der Waals surface area contributed by atoms with Gasteiger partial charge in [0.05, 0.1) is 53.9 Å². The number of nitrogens with one attached hydrogen (secondary N) is 1. The topological polar surface area (TPSA) is 213 Å². The molecule has 10 rings (SSSR count). The highest BCUT2D eigenvalue weighted by Crippen LogP contribution is 2.45. The van der Waals surface area contributed by atoms with Crippen molar-refractivity contribution in [1.29, 1.82) is 0 Å². The molecule has 2 aromatic heterocycles. The second-order valence-corrected chi connectivity index (χ2v) is 19.8. The Bertz CT molecular complexity index is 3630. The molecular weight excluding hydrogens is 1100 g/mol. The first-order chi connectivity index (χ1) is 41.3. The maximum atomic E-state index is 13.2. The number of hydrogen-bond acceptors (Lipinski definition) is 14. The van der Waals surface area contributed by atoms with Crippen molar-refractivity contribution in [2.75, 3.05) is 41.7 Å². The number of terminal acetylenes is 2. The van der Waals surface area contributed by atoms with Crippen LogP contribution in [0.2, 0.25) is 0 Å². The van der Waals surface area contributed by atoms with E-state index in [0.717, 1.165) is 37.9 Å². The zero-order valence-electron chi connectivity index (χ0n) is 47.6. The number of aromatic nitrogens is 4. The standard InChI is InChI=1S/C35H36N2O7.C30H30N2O7.C2H2.CH4/c1-4-5-9-21-36-32(39)20-22-37(34(36)40)33-23-30(38)31(44-33)24-43-35(25-10-7-6-8-11-25,26-12-16-28(41-2)17-13-26)27-14-18-29(42-3)19-15-27;1-36-23-12-8-21(9-13-23)30(20-6-4-3-5-7-20,22-10-14-24(37-2)15-11-22)38-19-26-25(33)18-28(39-26)32-17-16-27(34)31-29(32)35;1-2;/h1,6-8,10-20,22,30-31,33,38H,5,9,21,23-24H2,2-3H3;3-17,25-26,28,33H,18-19H2,1-2H3,(H,31,34,35);1-2H;1H4/t30-,31-,33-;25-,26-,28-;;/m11../s1. The summed E-state index contributed by atoms with van der Waals surface area (Å²) < 4.78 is 51.4. The van der Waals surface area contributed by atoms with Crippen LogP contribution in [0, 0.1) is 25.2 Å². The van der Waals surface area contributed by atoms with Crippen LogP contribution in [0.4, 0.5) is 0 Å². The van der Waals surface area contributed by atoms with Crippen molar-refractivity contribution in [3.8, 4) is 48.2 Å². The average molecular weight is 1170 g/mol. The van der Waals surface area contributed by atoms with Gasteiger partial charge < -0.3 is 48.1 Å². The number of aliphatic hydroxyl groups excluding tert-OH is 2. The quantitative estimate of drug-likeness (QED) is 0.0352. The molecule has 0 aliphatic carbocycles. The lowest BCUT2D eigenvalue weighted by Crippen LogP contribution is -2.40. The van der Waals surface area contributed by atoms with E-state index in [1.807, 2.05) is 158 Å². The van der Waals surface area contributed by atoms with Gasteiger partial charge in [0.15, 0.2) is 0 Å². The molecule has 18 nitrogen and oxygen atoms in total. The third-order valence-corrected chi connectivity index (χ3v) is 15.0. The fraction of sp³-hybridized carbons (Fsp3) is 0.294. The predicted molar refractivity (Wildman–Crippen MR) is 327 cm³/mol. The number of hydrogen-bond donors (Lipinski definition) is 3.